The number of carboxylic acid groups (broad SMARTS) is 1. The largest absolute Gasteiger partial charge is 0.485 e. The molecule has 1 amide bonds. The maximum Gasteiger partial charge on any atom is 0.412 e. The van der Waals surface area contributed by atoms with Crippen molar-refractivity contribution in [2.45, 2.75) is 46.5 Å². The number of amides is 1. The van der Waals surface area contributed by atoms with E-state index in [0.717, 1.165) is 16.7 Å². The average molecular weight is 585 g/mol. The fourth-order valence-corrected chi connectivity index (χ4v) is 5.23. The maximum absolute atomic E-state index is 15.1. The number of fused-ring (bicyclic) bond motifs is 2. The fraction of sp³-hybridized carbons (Fsp3) is 0.259. The lowest BCUT2D eigenvalue weighted by Gasteiger charge is -2.30. The minimum absolute atomic E-state index is 0.0692. The number of carbonyl (C=O) groups is 1. The van der Waals surface area contributed by atoms with Crippen LogP contribution in [0.25, 0.3) is 31.8 Å². The zero-order valence-corrected chi connectivity index (χ0v) is 23.0. The van der Waals surface area contributed by atoms with E-state index in [1.54, 1.807) is 26.8 Å². The number of nitrogens with zero attached hydrogens (tertiary/aromatic N) is 6. The third-order valence-electron chi connectivity index (χ3n) is 6.30. The first-order valence-electron chi connectivity index (χ1n) is 12.3. The molecule has 0 aliphatic heterocycles. The van der Waals surface area contributed by atoms with Gasteiger partial charge < -0.3 is 14.6 Å². The number of hydrogen-bond donors (Lipinski definition) is 1. The molecular formula is C27H23F3N6O4S. The lowest BCUT2D eigenvalue weighted by Crippen LogP contribution is -2.46. The highest BCUT2D eigenvalue weighted by Gasteiger charge is 2.29. The van der Waals surface area contributed by atoms with Gasteiger partial charge in [0.05, 0.1) is 51.6 Å². The fourth-order valence-electron chi connectivity index (χ4n) is 4.23. The molecule has 1 N–H and O–H groups in total. The van der Waals surface area contributed by atoms with Crippen LogP contribution in [0.2, 0.25) is 0 Å². The highest BCUT2D eigenvalue weighted by Crippen LogP contribution is 2.37. The van der Waals surface area contributed by atoms with Gasteiger partial charge in [0, 0.05) is 17.7 Å². The summed E-state index contributed by atoms with van der Waals surface area (Å²) in [4.78, 5) is 34.2. The molecule has 0 spiro atoms. The van der Waals surface area contributed by atoms with E-state index in [9.17, 15) is 18.7 Å². The normalized spacial score (nSPS) is 13.0. The van der Waals surface area contributed by atoms with Crippen molar-refractivity contribution in [3.8, 4) is 22.2 Å². The van der Waals surface area contributed by atoms with Gasteiger partial charge >= 0.3 is 12.7 Å². The molecule has 0 saturated carbocycles. The Morgan fingerprint density at radius 2 is 1.71 bits per heavy atom. The average Bonchev–Trinajstić information content (AvgIpc) is 3.31. The Morgan fingerprint density at radius 1 is 0.976 bits per heavy atom. The predicted molar refractivity (Wildman–Crippen MR) is 146 cm³/mol. The van der Waals surface area contributed by atoms with Gasteiger partial charge in [-0.15, -0.1) is 11.3 Å². The molecule has 5 rings (SSSR count). The van der Waals surface area contributed by atoms with Crippen LogP contribution in [0, 0.1) is 19.7 Å². The SMILES string of the molecule is Cc1cc(-c2nc3cc(F)c(OC(C)C(C)N(C(=O)O)c4cnc(C)nc4)cc3s2)c2ncc(OC(F)F)nc2c1. The van der Waals surface area contributed by atoms with Gasteiger partial charge in [-0.25, -0.2) is 34.1 Å². The van der Waals surface area contributed by atoms with Crippen molar-refractivity contribution in [2.75, 3.05) is 4.90 Å². The van der Waals surface area contributed by atoms with Crippen molar-refractivity contribution in [3.63, 3.8) is 0 Å². The number of hydrogen-bond acceptors (Lipinski definition) is 9. The van der Waals surface area contributed by atoms with Crippen LogP contribution in [0.1, 0.15) is 25.2 Å². The molecule has 2 aromatic carbocycles. The van der Waals surface area contributed by atoms with Gasteiger partial charge in [0.1, 0.15) is 16.9 Å². The molecule has 2 unspecified atom stereocenters. The van der Waals surface area contributed by atoms with E-state index in [2.05, 4.69) is 29.7 Å². The second-order valence-corrected chi connectivity index (χ2v) is 10.3. The van der Waals surface area contributed by atoms with Crippen LogP contribution >= 0.6 is 11.3 Å². The Balaban J connectivity index is 1.45. The summed E-state index contributed by atoms with van der Waals surface area (Å²) in [6.07, 6.45) is 1.92. The molecule has 0 aliphatic carbocycles. The molecule has 0 bridgehead atoms. The number of benzene rings is 2. The van der Waals surface area contributed by atoms with Gasteiger partial charge in [0.15, 0.2) is 11.6 Å². The summed E-state index contributed by atoms with van der Waals surface area (Å²) >= 11 is 1.26. The summed E-state index contributed by atoms with van der Waals surface area (Å²) in [5, 5.41) is 10.3. The van der Waals surface area contributed by atoms with Crippen LogP contribution in [0.5, 0.6) is 11.6 Å². The van der Waals surface area contributed by atoms with Crippen molar-refractivity contribution < 1.29 is 32.5 Å². The molecule has 5 aromatic rings. The van der Waals surface area contributed by atoms with E-state index >= 15 is 4.39 Å². The Bertz CT molecular complexity index is 1750. The predicted octanol–water partition coefficient (Wildman–Crippen LogP) is 6.39. The zero-order valence-electron chi connectivity index (χ0n) is 22.2. The van der Waals surface area contributed by atoms with E-state index in [-0.39, 0.29) is 17.3 Å². The van der Waals surface area contributed by atoms with Crippen molar-refractivity contribution in [1.29, 1.82) is 0 Å². The van der Waals surface area contributed by atoms with Crippen LogP contribution in [-0.4, -0.2) is 54.9 Å². The molecule has 2 atom stereocenters. The zero-order chi connectivity index (χ0) is 29.4. The second-order valence-electron chi connectivity index (χ2n) is 9.24. The molecule has 3 aromatic heterocycles. The third-order valence-corrected chi connectivity index (χ3v) is 7.35. The van der Waals surface area contributed by atoms with Gasteiger partial charge in [0.25, 0.3) is 0 Å². The molecule has 41 heavy (non-hydrogen) atoms. The second kappa shape index (κ2) is 11.1. The summed E-state index contributed by atoms with van der Waals surface area (Å²) in [5.74, 6) is -0.555. The molecule has 0 saturated heterocycles. The quantitative estimate of drug-likeness (QED) is 0.221. The molecule has 14 heteroatoms. The topological polar surface area (TPSA) is 123 Å². The summed E-state index contributed by atoms with van der Waals surface area (Å²) in [5.41, 5.74) is 2.78. The highest BCUT2D eigenvalue weighted by molar-refractivity contribution is 7.21. The lowest BCUT2D eigenvalue weighted by molar-refractivity contribution is -0.0528. The van der Waals surface area contributed by atoms with E-state index in [1.807, 2.05) is 13.0 Å². The first-order valence-corrected chi connectivity index (χ1v) is 13.1. The van der Waals surface area contributed by atoms with E-state index in [0.29, 0.717) is 37.6 Å². The first-order chi connectivity index (χ1) is 19.5. The number of aromatic nitrogens is 5. The minimum Gasteiger partial charge on any atom is -0.485 e. The van der Waals surface area contributed by atoms with Gasteiger partial charge in [-0.1, -0.05) is 0 Å². The van der Waals surface area contributed by atoms with Crippen molar-refractivity contribution in [1.82, 2.24) is 24.9 Å². The van der Waals surface area contributed by atoms with Crippen LogP contribution in [-0.2, 0) is 0 Å². The summed E-state index contributed by atoms with van der Waals surface area (Å²) in [6.45, 7) is 3.75. The maximum atomic E-state index is 15.1. The summed E-state index contributed by atoms with van der Waals surface area (Å²) in [7, 11) is 0. The number of aryl methyl sites for hydroxylation is 2. The Morgan fingerprint density at radius 3 is 2.39 bits per heavy atom. The number of halogens is 3. The van der Waals surface area contributed by atoms with Crippen LogP contribution in [0.4, 0.5) is 23.7 Å². The van der Waals surface area contributed by atoms with E-state index < -0.39 is 30.7 Å². The summed E-state index contributed by atoms with van der Waals surface area (Å²) in [6, 6.07) is 5.54. The standard InChI is InChI=1S/C27H23F3N6O4S/c1-12-5-17(24-20(6-12)34-23(11-33-24)40-26(29)30)25-35-19-7-18(28)21(8-22(19)41-25)39-14(3)13(2)36(27(37)38)16-9-31-15(4)32-10-16/h5-11,13-14,26H,1-4H3,(H,37,38). The summed E-state index contributed by atoms with van der Waals surface area (Å²) < 4.78 is 51.3. The number of rotatable bonds is 8. The molecular weight excluding hydrogens is 561 g/mol. The van der Waals surface area contributed by atoms with Gasteiger partial charge in [-0.3, -0.25) is 4.90 Å². The van der Waals surface area contributed by atoms with Gasteiger partial charge in [-0.05, 0) is 45.4 Å². The molecule has 3 heterocycles. The minimum atomic E-state index is -3.03. The molecule has 10 nitrogen and oxygen atoms in total. The third kappa shape index (κ3) is 5.82. The van der Waals surface area contributed by atoms with E-state index in [4.69, 9.17) is 4.74 Å². The number of ether oxygens (including phenoxy) is 2. The number of alkyl halides is 2. The Hall–Kier alpha value is -4.59. The number of thiazole rings is 1. The number of anilines is 1. The van der Waals surface area contributed by atoms with Crippen LogP contribution in [0.3, 0.4) is 0 Å². The van der Waals surface area contributed by atoms with Crippen LogP contribution < -0.4 is 14.4 Å². The smallest absolute Gasteiger partial charge is 0.412 e. The molecule has 212 valence electrons. The van der Waals surface area contributed by atoms with Crippen molar-refractivity contribution in [3.05, 3.63) is 60.1 Å². The van der Waals surface area contributed by atoms with Gasteiger partial charge in [-0.2, -0.15) is 8.78 Å². The van der Waals surface area contributed by atoms with Crippen molar-refractivity contribution >= 4 is 44.4 Å². The molecule has 0 fully saturated rings. The highest BCUT2D eigenvalue weighted by atomic mass is 32.1. The molecule has 0 radical (unpaired) electrons. The van der Waals surface area contributed by atoms with Crippen molar-refractivity contribution in [2.24, 2.45) is 0 Å². The Labute approximate surface area is 235 Å². The monoisotopic (exact) mass is 584 g/mol. The van der Waals surface area contributed by atoms with E-state index in [1.165, 1.54) is 35.9 Å². The Kier molecular flexibility index (Phi) is 7.58. The first kappa shape index (κ1) is 28.0. The van der Waals surface area contributed by atoms with Crippen LogP contribution in [0.15, 0.2) is 42.9 Å². The molecule has 0 aliphatic rings. The van der Waals surface area contributed by atoms with Gasteiger partial charge in [0.2, 0.25) is 5.88 Å². The lowest BCUT2D eigenvalue weighted by atomic mass is 10.1.